The average Bonchev–Trinajstić information content (AvgIpc) is 1.86. The van der Waals surface area contributed by atoms with Gasteiger partial charge in [-0.3, -0.25) is 5.32 Å². The fourth-order valence-electron chi connectivity index (χ4n) is 0.351. The number of nitrogens with one attached hydrogen (secondary N) is 1. The Morgan fingerprint density at radius 3 is 3.00 bits per heavy atom. The zero-order valence-corrected chi connectivity index (χ0v) is 4.51. The summed E-state index contributed by atoms with van der Waals surface area (Å²) in [7, 11) is 0. The van der Waals surface area contributed by atoms with Crippen molar-refractivity contribution in [2.75, 3.05) is 5.75 Å². The van der Waals surface area contributed by atoms with Crippen LogP contribution in [0.5, 0.6) is 0 Å². The molecule has 0 aromatic rings. The summed E-state index contributed by atoms with van der Waals surface area (Å²) in [5, 5.41) is 3.03. The Hall–Kier alpha value is 0.310. The molecule has 1 fully saturated rings. The lowest BCUT2D eigenvalue weighted by molar-refractivity contribution is 0.725. The molecule has 1 nitrogen and oxygen atoms in total. The standard InChI is InChI=1S/C4H7NS/c1-4-2-6-3-5-4/h4-5H,2H2,1H3. The Morgan fingerprint density at radius 2 is 2.83 bits per heavy atom. The van der Waals surface area contributed by atoms with Gasteiger partial charge in [0.05, 0.1) is 0 Å². The quantitative estimate of drug-likeness (QED) is 0.482. The third-order valence-electron chi connectivity index (χ3n) is 0.711. The van der Waals surface area contributed by atoms with Crippen LogP contribution in [0.2, 0.25) is 0 Å². The molecule has 1 unspecified atom stereocenters. The SMILES string of the molecule is CC1CS[C]N1. The molecule has 1 atom stereocenters. The number of hydrogen-bond acceptors (Lipinski definition) is 2. The van der Waals surface area contributed by atoms with Crippen LogP contribution in [0.1, 0.15) is 6.92 Å². The van der Waals surface area contributed by atoms with Gasteiger partial charge in [0.15, 0.2) is 0 Å². The van der Waals surface area contributed by atoms with Crippen molar-refractivity contribution in [2.24, 2.45) is 0 Å². The molecule has 2 heteroatoms. The van der Waals surface area contributed by atoms with E-state index < -0.39 is 0 Å². The van der Waals surface area contributed by atoms with E-state index in [1.54, 1.807) is 11.8 Å². The Kier molecular flexibility index (Phi) is 1.37. The van der Waals surface area contributed by atoms with Gasteiger partial charge in [-0.1, -0.05) is 0 Å². The van der Waals surface area contributed by atoms with Gasteiger partial charge in [0.25, 0.3) is 0 Å². The highest BCUT2D eigenvalue weighted by molar-refractivity contribution is 8.01. The average molecular weight is 101 g/mol. The van der Waals surface area contributed by atoms with Crippen LogP contribution in [0.15, 0.2) is 0 Å². The van der Waals surface area contributed by atoms with Crippen LogP contribution in [0.3, 0.4) is 0 Å². The van der Waals surface area contributed by atoms with E-state index in [2.05, 4.69) is 18.1 Å². The molecule has 0 bridgehead atoms. The normalized spacial score (nSPS) is 34.5. The molecule has 34 valence electrons. The van der Waals surface area contributed by atoms with Crippen molar-refractivity contribution in [3.05, 3.63) is 5.88 Å². The van der Waals surface area contributed by atoms with E-state index >= 15 is 0 Å². The van der Waals surface area contributed by atoms with Gasteiger partial charge in [0.2, 0.25) is 0 Å². The molecule has 0 saturated carbocycles. The minimum Gasteiger partial charge on any atom is -0.295 e. The lowest BCUT2D eigenvalue weighted by Crippen LogP contribution is -2.15. The summed E-state index contributed by atoms with van der Waals surface area (Å²) >= 11 is 1.72. The van der Waals surface area contributed by atoms with Gasteiger partial charge in [0, 0.05) is 11.8 Å². The summed E-state index contributed by atoms with van der Waals surface area (Å²) in [6.45, 7) is 2.15. The molecule has 0 aromatic heterocycles. The summed E-state index contributed by atoms with van der Waals surface area (Å²) in [6.07, 6.45) is 0. The van der Waals surface area contributed by atoms with E-state index in [0.29, 0.717) is 6.04 Å². The number of thioether (sulfide) groups is 1. The lowest BCUT2D eigenvalue weighted by Gasteiger charge is -1.92. The molecule has 1 rings (SSSR count). The molecule has 1 aliphatic rings. The molecule has 2 radical (unpaired) electrons. The smallest absolute Gasteiger partial charge is 0.126 e. The molecular formula is C4H7NS. The van der Waals surface area contributed by atoms with Crippen LogP contribution in [-0.4, -0.2) is 11.8 Å². The Morgan fingerprint density at radius 1 is 2.00 bits per heavy atom. The fraction of sp³-hybridized carbons (Fsp3) is 0.750. The van der Waals surface area contributed by atoms with Crippen LogP contribution in [0, 0.1) is 5.88 Å². The third-order valence-corrected chi connectivity index (χ3v) is 1.64. The minimum atomic E-state index is 0.648. The highest BCUT2D eigenvalue weighted by Crippen LogP contribution is 2.11. The predicted octanol–water partition coefficient (Wildman–Crippen LogP) is 0.708. The molecule has 0 aromatic carbocycles. The van der Waals surface area contributed by atoms with Gasteiger partial charge < -0.3 is 0 Å². The maximum atomic E-state index is 3.03. The highest BCUT2D eigenvalue weighted by Gasteiger charge is 2.07. The van der Waals surface area contributed by atoms with Crippen molar-refractivity contribution in [2.45, 2.75) is 13.0 Å². The second-order valence-corrected chi connectivity index (χ2v) is 2.28. The van der Waals surface area contributed by atoms with Crippen molar-refractivity contribution >= 4 is 11.8 Å². The molecule has 0 aliphatic carbocycles. The van der Waals surface area contributed by atoms with Crippen molar-refractivity contribution < 1.29 is 0 Å². The lowest BCUT2D eigenvalue weighted by atomic mass is 10.4. The summed E-state index contributed by atoms with van der Waals surface area (Å²) in [5.41, 5.74) is 0. The summed E-state index contributed by atoms with van der Waals surface area (Å²) in [6, 6.07) is 0.648. The molecule has 6 heavy (non-hydrogen) atoms. The first-order chi connectivity index (χ1) is 2.89. The molecule has 0 amide bonds. The van der Waals surface area contributed by atoms with E-state index in [4.69, 9.17) is 0 Å². The Bertz CT molecular complexity index is 40.8. The minimum absolute atomic E-state index is 0.648. The summed E-state index contributed by atoms with van der Waals surface area (Å²) in [5.74, 6) is 4.12. The zero-order valence-electron chi connectivity index (χ0n) is 3.69. The van der Waals surface area contributed by atoms with Crippen molar-refractivity contribution in [1.82, 2.24) is 5.32 Å². The van der Waals surface area contributed by atoms with Gasteiger partial charge in [-0.05, 0) is 6.92 Å². The summed E-state index contributed by atoms with van der Waals surface area (Å²) < 4.78 is 0. The van der Waals surface area contributed by atoms with E-state index in [1.165, 1.54) is 5.75 Å². The first-order valence-corrected chi connectivity index (χ1v) is 3.00. The first-order valence-electron chi connectivity index (χ1n) is 2.02. The van der Waals surface area contributed by atoms with Crippen LogP contribution >= 0.6 is 11.8 Å². The number of rotatable bonds is 0. The maximum absolute atomic E-state index is 3.03. The number of hydrogen-bond donors (Lipinski definition) is 1. The molecule has 1 N–H and O–H groups in total. The van der Waals surface area contributed by atoms with Gasteiger partial charge in [-0.15, -0.1) is 11.8 Å². The van der Waals surface area contributed by atoms with Crippen molar-refractivity contribution in [3.63, 3.8) is 0 Å². The predicted molar refractivity (Wildman–Crippen MR) is 28.3 cm³/mol. The van der Waals surface area contributed by atoms with Crippen LogP contribution in [-0.2, 0) is 0 Å². The summed E-state index contributed by atoms with van der Waals surface area (Å²) in [4.78, 5) is 0. The van der Waals surface area contributed by atoms with Gasteiger partial charge in [-0.2, -0.15) is 0 Å². The van der Waals surface area contributed by atoms with Gasteiger partial charge in [0.1, 0.15) is 5.88 Å². The maximum Gasteiger partial charge on any atom is 0.126 e. The third kappa shape index (κ3) is 0.884. The zero-order chi connectivity index (χ0) is 4.41. The molecule has 1 aliphatic heterocycles. The Labute approximate surface area is 42.5 Å². The van der Waals surface area contributed by atoms with Crippen LogP contribution < -0.4 is 5.32 Å². The largest absolute Gasteiger partial charge is 0.295 e. The van der Waals surface area contributed by atoms with Gasteiger partial charge in [-0.25, -0.2) is 0 Å². The fourth-order valence-corrected chi connectivity index (χ4v) is 1.05. The van der Waals surface area contributed by atoms with Crippen LogP contribution in [0.25, 0.3) is 0 Å². The van der Waals surface area contributed by atoms with Gasteiger partial charge >= 0.3 is 0 Å². The molecule has 0 spiro atoms. The van der Waals surface area contributed by atoms with E-state index in [9.17, 15) is 0 Å². The van der Waals surface area contributed by atoms with Crippen molar-refractivity contribution in [3.8, 4) is 0 Å². The van der Waals surface area contributed by atoms with E-state index in [1.807, 2.05) is 0 Å². The molecule has 1 heterocycles. The monoisotopic (exact) mass is 101 g/mol. The first kappa shape index (κ1) is 4.47. The topological polar surface area (TPSA) is 12.0 Å². The van der Waals surface area contributed by atoms with Crippen molar-refractivity contribution in [1.29, 1.82) is 0 Å². The van der Waals surface area contributed by atoms with Crippen LogP contribution in [0.4, 0.5) is 0 Å². The molecule has 1 saturated heterocycles. The second-order valence-electron chi connectivity index (χ2n) is 1.46. The highest BCUT2D eigenvalue weighted by atomic mass is 32.2. The second kappa shape index (κ2) is 1.85. The van der Waals surface area contributed by atoms with E-state index in [-0.39, 0.29) is 0 Å². The molecular weight excluding hydrogens is 94.1 g/mol. The Balaban J connectivity index is 2.18. The van der Waals surface area contributed by atoms with E-state index in [0.717, 1.165) is 0 Å².